The molecule has 28 heavy (non-hydrogen) atoms. The molecule has 0 amide bonds. The average Bonchev–Trinajstić information content (AvgIpc) is 3.51. The van der Waals surface area contributed by atoms with E-state index in [0.29, 0.717) is 25.1 Å². The lowest BCUT2D eigenvalue weighted by molar-refractivity contribution is 0.0368. The summed E-state index contributed by atoms with van der Waals surface area (Å²) in [6, 6.07) is 7.08. The predicted octanol–water partition coefficient (Wildman–Crippen LogP) is 2.14. The molecule has 1 heterocycles. The Morgan fingerprint density at radius 1 is 1.32 bits per heavy atom. The summed E-state index contributed by atoms with van der Waals surface area (Å²) in [6.45, 7) is 5.95. The maximum atomic E-state index is 13.4. The van der Waals surface area contributed by atoms with Crippen LogP contribution in [-0.4, -0.2) is 62.6 Å². The number of guanidine groups is 1. The van der Waals surface area contributed by atoms with Crippen molar-refractivity contribution in [2.75, 3.05) is 44.3 Å². The summed E-state index contributed by atoms with van der Waals surface area (Å²) >= 11 is 0. The van der Waals surface area contributed by atoms with Gasteiger partial charge in [0.25, 0.3) is 0 Å². The van der Waals surface area contributed by atoms with Gasteiger partial charge in [-0.1, -0.05) is 6.07 Å². The number of aliphatic imine (C=N–C) groups is 1. The second-order valence-corrected chi connectivity index (χ2v) is 7.74. The third-order valence-corrected chi connectivity index (χ3v) is 5.17. The number of anilines is 1. The number of nitrogens with zero attached hydrogens (tertiary/aromatic N) is 2. The van der Waals surface area contributed by atoms with Crippen molar-refractivity contribution < 1.29 is 14.2 Å². The lowest BCUT2D eigenvalue weighted by Gasteiger charge is -2.34. The van der Waals surface area contributed by atoms with Crippen LogP contribution in [0.4, 0.5) is 10.1 Å². The maximum absolute atomic E-state index is 13.4. The van der Waals surface area contributed by atoms with E-state index in [0.717, 1.165) is 50.7 Å². The van der Waals surface area contributed by atoms with Crippen molar-refractivity contribution >= 4 is 11.6 Å². The molecular weight excluding hydrogens is 359 g/mol. The molecule has 7 heteroatoms. The van der Waals surface area contributed by atoms with Crippen molar-refractivity contribution in [1.29, 1.82) is 0 Å². The number of hydrogen-bond acceptors (Lipinski definition) is 4. The summed E-state index contributed by atoms with van der Waals surface area (Å²) in [4.78, 5) is 6.73. The van der Waals surface area contributed by atoms with E-state index in [2.05, 4.69) is 20.5 Å². The molecule has 6 nitrogen and oxygen atoms in total. The third-order valence-electron chi connectivity index (χ3n) is 5.17. The highest BCUT2D eigenvalue weighted by atomic mass is 19.1. The highest BCUT2D eigenvalue weighted by Gasteiger charge is 2.22. The van der Waals surface area contributed by atoms with Crippen LogP contribution in [0.2, 0.25) is 0 Å². The molecule has 1 aromatic carbocycles. The number of aliphatic hydroxyl groups is 1. The smallest absolute Gasteiger partial charge is 0.191 e. The zero-order valence-corrected chi connectivity index (χ0v) is 16.7. The number of piperidine rings is 1. The van der Waals surface area contributed by atoms with Crippen molar-refractivity contribution in [1.82, 2.24) is 10.6 Å². The topological polar surface area (TPSA) is 69.1 Å². The van der Waals surface area contributed by atoms with Gasteiger partial charge in [-0.25, -0.2) is 4.39 Å². The third kappa shape index (κ3) is 6.95. The quantitative estimate of drug-likeness (QED) is 0.444. The van der Waals surface area contributed by atoms with E-state index >= 15 is 0 Å². The summed E-state index contributed by atoms with van der Waals surface area (Å²) in [5.41, 5.74) is 0.938. The Kier molecular flexibility index (Phi) is 7.91. The molecule has 156 valence electrons. The van der Waals surface area contributed by atoms with Gasteiger partial charge in [-0.05, 0) is 56.7 Å². The number of benzene rings is 1. The van der Waals surface area contributed by atoms with Crippen LogP contribution in [0.3, 0.4) is 0 Å². The second-order valence-electron chi connectivity index (χ2n) is 7.74. The van der Waals surface area contributed by atoms with E-state index in [1.165, 1.54) is 18.9 Å². The van der Waals surface area contributed by atoms with Crippen LogP contribution in [0.1, 0.15) is 32.6 Å². The summed E-state index contributed by atoms with van der Waals surface area (Å²) in [6.07, 6.45) is 3.83. The number of halogens is 1. The Morgan fingerprint density at radius 3 is 2.79 bits per heavy atom. The molecule has 3 N–H and O–H groups in total. The summed E-state index contributed by atoms with van der Waals surface area (Å²) in [5, 5.41) is 16.8. The molecule has 0 radical (unpaired) electrons. The number of nitrogens with one attached hydrogen (secondary N) is 2. The molecular formula is C21H33FN4O2. The fraction of sp³-hybridized carbons (Fsp3) is 0.667. The van der Waals surface area contributed by atoms with E-state index in [4.69, 9.17) is 4.74 Å². The van der Waals surface area contributed by atoms with Crippen molar-refractivity contribution in [3.05, 3.63) is 30.1 Å². The summed E-state index contributed by atoms with van der Waals surface area (Å²) in [7, 11) is 0. The van der Waals surface area contributed by atoms with E-state index in [1.54, 1.807) is 12.1 Å². The minimum Gasteiger partial charge on any atom is -0.389 e. The van der Waals surface area contributed by atoms with E-state index in [1.807, 2.05) is 13.0 Å². The molecule has 1 aromatic rings. The Labute approximate surface area is 167 Å². The first-order valence-corrected chi connectivity index (χ1v) is 10.4. The minimum atomic E-state index is -0.580. The van der Waals surface area contributed by atoms with Gasteiger partial charge in [0.15, 0.2) is 5.96 Å². The Balaban J connectivity index is 1.42. The average molecular weight is 393 g/mol. The van der Waals surface area contributed by atoms with Gasteiger partial charge in [0, 0.05) is 38.0 Å². The Hall–Kier alpha value is -1.86. The lowest BCUT2D eigenvalue weighted by Crippen LogP contribution is -2.49. The van der Waals surface area contributed by atoms with Crippen LogP contribution < -0.4 is 15.5 Å². The molecule has 2 fully saturated rings. The fourth-order valence-electron chi connectivity index (χ4n) is 3.37. The van der Waals surface area contributed by atoms with Crippen molar-refractivity contribution in [2.45, 2.75) is 44.8 Å². The van der Waals surface area contributed by atoms with Crippen LogP contribution >= 0.6 is 0 Å². The van der Waals surface area contributed by atoms with Gasteiger partial charge in [0.2, 0.25) is 0 Å². The predicted molar refractivity (Wildman–Crippen MR) is 110 cm³/mol. The van der Waals surface area contributed by atoms with Crippen LogP contribution in [0, 0.1) is 11.7 Å². The molecule has 0 bridgehead atoms. The van der Waals surface area contributed by atoms with E-state index < -0.39 is 6.10 Å². The first-order valence-electron chi connectivity index (χ1n) is 10.4. The maximum Gasteiger partial charge on any atom is 0.191 e. The van der Waals surface area contributed by atoms with Gasteiger partial charge in [-0.2, -0.15) is 0 Å². The molecule has 1 atom stereocenters. The van der Waals surface area contributed by atoms with Crippen molar-refractivity contribution in [3.63, 3.8) is 0 Å². The SMILES string of the molecule is CCNC(=NCC(O)COCC1CC1)NC1CCN(c2cccc(F)c2)CC1. The van der Waals surface area contributed by atoms with Gasteiger partial charge in [0.1, 0.15) is 5.82 Å². The second kappa shape index (κ2) is 10.6. The molecule has 0 spiro atoms. The van der Waals surface area contributed by atoms with Crippen molar-refractivity contribution in [3.8, 4) is 0 Å². The van der Waals surface area contributed by atoms with Gasteiger partial charge in [-0.3, -0.25) is 4.99 Å². The van der Waals surface area contributed by atoms with Crippen LogP contribution in [0.5, 0.6) is 0 Å². The molecule has 1 aliphatic heterocycles. The molecule has 0 aromatic heterocycles. The highest BCUT2D eigenvalue weighted by molar-refractivity contribution is 5.80. The monoisotopic (exact) mass is 392 g/mol. The molecule has 1 saturated heterocycles. The summed E-state index contributed by atoms with van der Waals surface area (Å²) < 4.78 is 19.0. The molecule has 3 rings (SSSR count). The number of rotatable bonds is 9. The zero-order chi connectivity index (χ0) is 19.8. The first-order chi connectivity index (χ1) is 13.6. The fourth-order valence-corrected chi connectivity index (χ4v) is 3.37. The molecule has 1 unspecified atom stereocenters. The molecule has 1 aliphatic carbocycles. The summed E-state index contributed by atoms with van der Waals surface area (Å²) in [5.74, 6) is 1.24. The molecule has 1 saturated carbocycles. The van der Waals surface area contributed by atoms with Crippen LogP contribution in [-0.2, 0) is 4.74 Å². The zero-order valence-electron chi connectivity index (χ0n) is 16.7. The number of hydrogen-bond donors (Lipinski definition) is 3. The van der Waals surface area contributed by atoms with E-state index in [9.17, 15) is 9.50 Å². The van der Waals surface area contributed by atoms with Gasteiger partial charge in [-0.15, -0.1) is 0 Å². The number of aliphatic hydroxyl groups excluding tert-OH is 1. The van der Waals surface area contributed by atoms with Gasteiger partial charge in [0.05, 0.1) is 19.3 Å². The van der Waals surface area contributed by atoms with Crippen LogP contribution in [0.15, 0.2) is 29.3 Å². The first kappa shape index (κ1) is 20.9. The highest BCUT2D eigenvalue weighted by Crippen LogP contribution is 2.28. The van der Waals surface area contributed by atoms with Gasteiger partial charge >= 0.3 is 0 Å². The lowest BCUT2D eigenvalue weighted by atomic mass is 10.0. The van der Waals surface area contributed by atoms with Gasteiger partial charge < -0.3 is 25.4 Å². The number of ether oxygens (including phenoxy) is 1. The largest absolute Gasteiger partial charge is 0.389 e. The van der Waals surface area contributed by atoms with Crippen LogP contribution in [0.25, 0.3) is 0 Å². The van der Waals surface area contributed by atoms with E-state index in [-0.39, 0.29) is 5.82 Å². The Bertz CT molecular complexity index is 631. The molecule has 2 aliphatic rings. The Morgan fingerprint density at radius 2 is 2.11 bits per heavy atom. The van der Waals surface area contributed by atoms with Crippen molar-refractivity contribution in [2.24, 2.45) is 10.9 Å². The minimum absolute atomic E-state index is 0.195. The standard InChI is InChI=1S/C21H33FN4O2/c1-2-23-21(24-13-20(27)15-28-14-16-6-7-16)25-18-8-10-26(11-9-18)19-5-3-4-17(22)12-19/h3-5,12,16,18,20,27H,2,6-11,13-15H2,1H3,(H2,23,24,25). The normalized spacial score (nSPS) is 19.5.